The lowest BCUT2D eigenvalue weighted by atomic mass is 10.0. The van der Waals surface area contributed by atoms with Crippen molar-refractivity contribution in [3.63, 3.8) is 0 Å². The summed E-state index contributed by atoms with van der Waals surface area (Å²) in [4.78, 5) is 19.4. The second-order valence-electron chi connectivity index (χ2n) is 7.37. The molecule has 28 heavy (non-hydrogen) atoms. The summed E-state index contributed by atoms with van der Waals surface area (Å²) in [6.45, 7) is 2.12. The number of aromatic nitrogens is 1. The third-order valence-corrected chi connectivity index (χ3v) is 5.64. The molecule has 3 aromatic rings. The lowest BCUT2D eigenvalue weighted by Crippen LogP contribution is -2.29. The molecule has 0 radical (unpaired) electrons. The van der Waals surface area contributed by atoms with Crippen LogP contribution in [-0.2, 0) is 11.2 Å². The van der Waals surface area contributed by atoms with Gasteiger partial charge in [0.15, 0.2) is 11.6 Å². The molecule has 1 aromatic heterocycles. The average Bonchev–Trinajstić information content (AvgIpc) is 3.42. The number of carbonyl (C=O) groups excluding carboxylic acids is 1. The molecule has 0 atom stereocenters. The third kappa shape index (κ3) is 3.12. The van der Waals surface area contributed by atoms with E-state index in [0.29, 0.717) is 18.1 Å². The lowest BCUT2D eigenvalue weighted by molar-refractivity contribution is 0.0794. The van der Waals surface area contributed by atoms with Crippen LogP contribution < -0.4 is 4.90 Å². The Labute approximate surface area is 164 Å². The Morgan fingerprint density at radius 3 is 2.68 bits per heavy atom. The monoisotopic (exact) mass is 374 g/mol. The maximum absolute atomic E-state index is 13.0. The highest BCUT2D eigenvalue weighted by Crippen LogP contribution is 2.33. The maximum atomic E-state index is 13.0. The SMILES string of the molecule is O=C(c1coc(C2CCOCC2)n1)N1CCc2cc(-c3ccccc3)ccc21. The fourth-order valence-electron chi connectivity index (χ4n) is 4.08. The molecule has 2 aliphatic rings. The van der Waals surface area contributed by atoms with Gasteiger partial charge in [-0.05, 0) is 48.1 Å². The summed E-state index contributed by atoms with van der Waals surface area (Å²) in [5.41, 5.74) is 4.93. The Kier molecular flexibility index (Phi) is 4.45. The van der Waals surface area contributed by atoms with Crippen molar-refractivity contribution in [2.45, 2.75) is 25.2 Å². The first-order chi connectivity index (χ1) is 13.8. The van der Waals surface area contributed by atoms with Gasteiger partial charge in [-0.25, -0.2) is 4.98 Å². The summed E-state index contributed by atoms with van der Waals surface area (Å²) in [7, 11) is 0. The van der Waals surface area contributed by atoms with Crippen molar-refractivity contribution in [2.24, 2.45) is 0 Å². The second kappa shape index (κ2) is 7.24. The number of anilines is 1. The highest BCUT2D eigenvalue weighted by Gasteiger charge is 2.29. The largest absolute Gasteiger partial charge is 0.448 e. The molecule has 0 aliphatic carbocycles. The number of hydrogen-bond acceptors (Lipinski definition) is 4. The number of nitrogens with zero attached hydrogens (tertiary/aromatic N) is 2. The predicted octanol–water partition coefficient (Wildman–Crippen LogP) is 4.44. The van der Waals surface area contributed by atoms with Gasteiger partial charge in [-0.15, -0.1) is 0 Å². The van der Waals surface area contributed by atoms with Gasteiger partial charge in [0.05, 0.1) is 0 Å². The molecule has 2 aliphatic heterocycles. The predicted molar refractivity (Wildman–Crippen MR) is 107 cm³/mol. The van der Waals surface area contributed by atoms with Crippen LogP contribution in [0.15, 0.2) is 59.2 Å². The molecule has 1 amide bonds. The van der Waals surface area contributed by atoms with Crippen LogP contribution in [0.4, 0.5) is 5.69 Å². The fourth-order valence-corrected chi connectivity index (χ4v) is 4.08. The van der Waals surface area contributed by atoms with Crippen molar-refractivity contribution >= 4 is 11.6 Å². The molecule has 0 spiro atoms. The number of amides is 1. The number of benzene rings is 2. The first-order valence-electron chi connectivity index (χ1n) is 9.83. The molecule has 0 unspecified atom stereocenters. The number of ether oxygens (including phenoxy) is 1. The van der Waals surface area contributed by atoms with Crippen LogP contribution in [0.25, 0.3) is 11.1 Å². The number of rotatable bonds is 3. The summed E-state index contributed by atoms with van der Waals surface area (Å²) in [6, 6.07) is 16.6. The lowest BCUT2D eigenvalue weighted by Gasteiger charge is -2.18. The van der Waals surface area contributed by atoms with Crippen molar-refractivity contribution in [1.29, 1.82) is 0 Å². The van der Waals surface area contributed by atoms with E-state index in [1.807, 2.05) is 29.2 Å². The Morgan fingerprint density at radius 1 is 1.04 bits per heavy atom. The fraction of sp³-hybridized carbons (Fsp3) is 0.304. The maximum Gasteiger partial charge on any atom is 0.280 e. The summed E-state index contributed by atoms with van der Waals surface area (Å²) in [5, 5.41) is 0. The quantitative estimate of drug-likeness (QED) is 0.680. The highest BCUT2D eigenvalue weighted by atomic mass is 16.5. The van der Waals surface area contributed by atoms with E-state index in [4.69, 9.17) is 9.15 Å². The van der Waals surface area contributed by atoms with Gasteiger partial charge in [0.2, 0.25) is 0 Å². The van der Waals surface area contributed by atoms with Crippen molar-refractivity contribution in [2.75, 3.05) is 24.7 Å². The van der Waals surface area contributed by atoms with Crippen LogP contribution in [0.2, 0.25) is 0 Å². The number of carbonyl (C=O) groups is 1. The Morgan fingerprint density at radius 2 is 1.86 bits per heavy atom. The minimum absolute atomic E-state index is 0.0896. The van der Waals surface area contributed by atoms with Gasteiger partial charge in [0, 0.05) is 31.4 Å². The van der Waals surface area contributed by atoms with Crippen molar-refractivity contribution in [1.82, 2.24) is 4.98 Å². The summed E-state index contributed by atoms with van der Waals surface area (Å²) in [6.07, 6.45) is 4.14. The van der Waals surface area contributed by atoms with Crippen LogP contribution in [0.5, 0.6) is 0 Å². The van der Waals surface area contributed by atoms with E-state index < -0.39 is 0 Å². The molecule has 1 fully saturated rings. The minimum Gasteiger partial charge on any atom is -0.448 e. The molecule has 0 N–H and O–H groups in total. The molecule has 2 aromatic carbocycles. The van der Waals surface area contributed by atoms with Crippen LogP contribution in [0, 0.1) is 0 Å². The van der Waals surface area contributed by atoms with Gasteiger partial charge in [-0.2, -0.15) is 0 Å². The average molecular weight is 374 g/mol. The van der Waals surface area contributed by atoms with E-state index in [9.17, 15) is 4.79 Å². The van der Waals surface area contributed by atoms with Gasteiger partial charge in [-0.3, -0.25) is 4.79 Å². The number of fused-ring (bicyclic) bond motifs is 1. The van der Waals surface area contributed by atoms with E-state index in [0.717, 1.165) is 38.2 Å². The summed E-state index contributed by atoms with van der Waals surface area (Å²) >= 11 is 0. The van der Waals surface area contributed by atoms with Gasteiger partial charge in [-0.1, -0.05) is 36.4 Å². The zero-order valence-electron chi connectivity index (χ0n) is 15.6. The smallest absolute Gasteiger partial charge is 0.280 e. The van der Waals surface area contributed by atoms with Crippen LogP contribution >= 0.6 is 0 Å². The Bertz CT molecular complexity index is 990. The van der Waals surface area contributed by atoms with Gasteiger partial charge in [0.1, 0.15) is 6.26 Å². The Balaban J connectivity index is 1.37. The van der Waals surface area contributed by atoms with Crippen LogP contribution in [-0.4, -0.2) is 30.6 Å². The van der Waals surface area contributed by atoms with E-state index >= 15 is 0 Å². The van der Waals surface area contributed by atoms with Crippen molar-refractivity contribution in [3.05, 3.63) is 71.9 Å². The van der Waals surface area contributed by atoms with Crippen LogP contribution in [0.1, 0.15) is 40.7 Å². The van der Waals surface area contributed by atoms with Gasteiger partial charge in [0.25, 0.3) is 5.91 Å². The van der Waals surface area contributed by atoms with E-state index in [1.54, 1.807) is 0 Å². The van der Waals surface area contributed by atoms with Crippen LogP contribution in [0.3, 0.4) is 0 Å². The molecule has 142 valence electrons. The topological polar surface area (TPSA) is 55.6 Å². The molecular formula is C23H22N2O3. The van der Waals surface area contributed by atoms with E-state index in [-0.39, 0.29) is 11.8 Å². The molecule has 1 saturated heterocycles. The third-order valence-electron chi connectivity index (χ3n) is 5.64. The number of oxazole rings is 1. The zero-order valence-corrected chi connectivity index (χ0v) is 15.6. The summed E-state index contributed by atoms with van der Waals surface area (Å²) in [5.74, 6) is 0.813. The van der Waals surface area contributed by atoms with Crippen molar-refractivity contribution < 1.29 is 13.9 Å². The standard InChI is InChI=1S/C23H22N2O3/c26-23(20-15-28-22(24-20)17-9-12-27-13-10-17)25-11-8-19-14-18(6-7-21(19)25)16-4-2-1-3-5-16/h1-7,14-15,17H,8-13H2. The Hall–Kier alpha value is -2.92. The molecular weight excluding hydrogens is 352 g/mol. The van der Waals surface area contributed by atoms with Crippen molar-refractivity contribution in [3.8, 4) is 11.1 Å². The zero-order chi connectivity index (χ0) is 18.9. The normalized spacial score (nSPS) is 16.9. The molecule has 0 bridgehead atoms. The second-order valence-corrected chi connectivity index (χ2v) is 7.37. The minimum atomic E-state index is -0.0896. The first-order valence-corrected chi connectivity index (χ1v) is 9.83. The number of hydrogen-bond donors (Lipinski definition) is 0. The highest BCUT2D eigenvalue weighted by molar-refractivity contribution is 6.06. The van der Waals surface area contributed by atoms with E-state index in [1.165, 1.54) is 23.0 Å². The van der Waals surface area contributed by atoms with Gasteiger partial charge < -0.3 is 14.1 Å². The molecule has 5 nitrogen and oxygen atoms in total. The molecule has 3 heterocycles. The molecule has 5 heteroatoms. The van der Waals surface area contributed by atoms with Gasteiger partial charge >= 0.3 is 0 Å². The molecule has 5 rings (SSSR count). The van der Waals surface area contributed by atoms with E-state index in [2.05, 4.69) is 29.2 Å². The first kappa shape index (κ1) is 17.2. The summed E-state index contributed by atoms with van der Waals surface area (Å²) < 4.78 is 11.0. The molecule has 0 saturated carbocycles.